The minimum absolute atomic E-state index is 0.0462. The first-order chi connectivity index (χ1) is 19.8. The summed E-state index contributed by atoms with van der Waals surface area (Å²) in [6, 6.07) is 15.3. The van der Waals surface area contributed by atoms with Crippen LogP contribution in [-0.2, 0) is 6.18 Å². The Hall–Kier alpha value is -4.02. The Kier molecular flexibility index (Phi) is 6.20. The van der Waals surface area contributed by atoms with Gasteiger partial charge in [-0.05, 0) is 32.0 Å². The molecule has 3 aromatic heterocycles. The summed E-state index contributed by atoms with van der Waals surface area (Å²) in [4.78, 5) is 19.0. The standard InChI is InChI=1S/C31H30F3N7/c1-39-13-15-40(16-14-39)26-10-9-22(26)30-38-27(28-29(35)36-11-12-41(28)30)20-7-8-21-23(31(32,33)34)18-24(37-25(21)17-20)19-5-3-2-4-6-19/h2-8,11-12,17-18,22,26H,9-10,13-16H2,1H3,(H2,35,36). The molecular weight excluding hydrogens is 527 g/mol. The van der Waals surface area contributed by atoms with E-state index in [1.165, 1.54) is 6.07 Å². The summed E-state index contributed by atoms with van der Waals surface area (Å²) in [5.41, 5.74) is 8.76. The van der Waals surface area contributed by atoms with Crippen LogP contribution in [0.3, 0.4) is 0 Å². The second-order valence-electron chi connectivity index (χ2n) is 11.1. The van der Waals surface area contributed by atoms with Crippen LogP contribution in [0.2, 0.25) is 0 Å². The van der Waals surface area contributed by atoms with Crippen LogP contribution in [0, 0.1) is 0 Å². The van der Waals surface area contributed by atoms with Crippen molar-refractivity contribution in [2.24, 2.45) is 0 Å². The Labute approximate surface area is 235 Å². The topological polar surface area (TPSA) is 75.6 Å². The number of nitrogens with zero attached hydrogens (tertiary/aromatic N) is 6. The lowest BCUT2D eigenvalue weighted by molar-refractivity contribution is -0.136. The molecular formula is C31H30F3N7. The van der Waals surface area contributed by atoms with Crippen LogP contribution in [0.1, 0.15) is 30.1 Å². The number of hydrogen-bond acceptors (Lipinski definition) is 6. The Morgan fingerprint density at radius 3 is 2.39 bits per heavy atom. The highest BCUT2D eigenvalue weighted by molar-refractivity contribution is 5.93. The zero-order valence-electron chi connectivity index (χ0n) is 22.6. The molecule has 1 aliphatic carbocycles. The molecule has 41 heavy (non-hydrogen) atoms. The van der Waals surface area contributed by atoms with Crippen LogP contribution < -0.4 is 5.73 Å². The van der Waals surface area contributed by atoms with Gasteiger partial charge in [0.2, 0.25) is 0 Å². The number of alkyl halides is 3. The second-order valence-corrected chi connectivity index (χ2v) is 11.1. The smallest absolute Gasteiger partial charge is 0.382 e. The number of imidazole rings is 1. The zero-order valence-corrected chi connectivity index (χ0v) is 22.6. The van der Waals surface area contributed by atoms with E-state index in [-0.39, 0.29) is 22.5 Å². The molecule has 0 radical (unpaired) electrons. The van der Waals surface area contributed by atoms with Gasteiger partial charge in [-0.15, -0.1) is 0 Å². The van der Waals surface area contributed by atoms with Crippen molar-refractivity contribution in [2.75, 3.05) is 39.0 Å². The van der Waals surface area contributed by atoms with Crippen molar-refractivity contribution in [1.29, 1.82) is 0 Å². The van der Waals surface area contributed by atoms with Crippen LogP contribution in [0.25, 0.3) is 38.9 Å². The molecule has 1 saturated carbocycles. The minimum atomic E-state index is -4.53. The Bertz CT molecular complexity index is 1740. The molecule has 7 nitrogen and oxygen atoms in total. The number of likely N-dealkylation sites (N-methyl/N-ethyl adjacent to an activating group) is 1. The average molecular weight is 558 g/mol. The molecule has 210 valence electrons. The lowest BCUT2D eigenvalue weighted by atomic mass is 9.77. The molecule has 1 aliphatic heterocycles. The number of fused-ring (bicyclic) bond motifs is 2. The van der Waals surface area contributed by atoms with Gasteiger partial charge in [0.05, 0.1) is 16.8 Å². The monoisotopic (exact) mass is 557 g/mol. The summed E-state index contributed by atoms with van der Waals surface area (Å²) in [5, 5.41) is 0.0462. The highest BCUT2D eigenvalue weighted by atomic mass is 19.4. The number of pyridine rings is 1. The Balaban J connectivity index is 1.35. The van der Waals surface area contributed by atoms with Gasteiger partial charge in [0.15, 0.2) is 0 Å². The summed E-state index contributed by atoms with van der Waals surface area (Å²) in [7, 11) is 2.15. The fraction of sp³-hybridized carbons (Fsp3) is 0.323. The maximum atomic E-state index is 14.2. The van der Waals surface area contributed by atoms with Gasteiger partial charge in [0.25, 0.3) is 0 Å². The largest absolute Gasteiger partial charge is 0.417 e. The van der Waals surface area contributed by atoms with Gasteiger partial charge < -0.3 is 10.6 Å². The number of nitrogens with two attached hydrogens (primary N) is 1. The lowest BCUT2D eigenvalue weighted by Gasteiger charge is -2.46. The third-order valence-electron chi connectivity index (χ3n) is 8.65. The number of piperazine rings is 1. The quantitative estimate of drug-likeness (QED) is 0.305. The number of anilines is 1. The third-order valence-corrected chi connectivity index (χ3v) is 8.65. The highest BCUT2D eigenvalue weighted by Crippen LogP contribution is 2.43. The van der Waals surface area contributed by atoms with Crippen molar-refractivity contribution >= 4 is 22.2 Å². The molecule has 10 heteroatoms. The molecule has 0 amide bonds. The van der Waals surface area contributed by atoms with Crippen molar-refractivity contribution in [3.05, 3.63) is 78.4 Å². The van der Waals surface area contributed by atoms with Gasteiger partial charge in [-0.25, -0.2) is 15.0 Å². The van der Waals surface area contributed by atoms with Crippen LogP contribution in [0.5, 0.6) is 0 Å². The predicted octanol–water partition coefficient (Wildman–Crippen LogP) is 5.71. The minimum Gasteiger partial charge on any atom is -0.382 e. The molecule has 0 bridgehead atoms. The molecule has 0 spiro atoms. The Morgan fingerprint density at radius 1 is 0.902 bits per heavy atom. The van der Waals surface area contributed by atoms with Gasteiger partial charge in [-0.1, -0.05) is 42.5 Å². The van der Waals surface area contributed by atoms with Gasteiger partial charge in [-0.2, -0.15) is 13.2 Å². The molecule has 2 unspecified atom stereocenters. The van der Waals surface area contributed by atoms with E-state index in [4.69, 9.17) is 10.7 Å². The maximum absolute atomic E-state index is 14.2. The summed E-state index contributed by atoms with van der Waals surface area (Å²) in [5.74, 6) is 1.49. The number of halogens is 3. The molecule has 2 aliphatic rings. The molecule has 7 rings (SSSR count). The molecule has 2 aromatic carbocycles. The molecule has 5 aromatic rings. The van der Waals surface area contributed by atoms with E-state index in [0.29, 0.717) is 34.2 Å². The van der Waals surface area contributed by atoms with Gasteiger partial charge in [0, 0.05) is 67.0 Å². The van der Waals surface area contributed by atoms with Crippen LogP contribution in [-0.4, -0.2) is 68.4 Å². The number of aromatic nitrogens is 4. The molecule has 2 fully saturated rings. The van der Waals surface area contributed by atoms with E-state index < -0.39 is 11.7 Å². The summed E-state index contributed by atoms with van der Waals surface area (Å²) >= 11 is 0. The number of rotatable bonds is 4. The van der Waals surface area contributed by atoms with Gasteiger partial charge >= 0.3 is 6.18 Å². The maximum Gasteiger partial charge on any atom is 0.417 e. The summed E-state index contributed by atoms with van der Waals surface area (Å²) in [6.45, 7) is 4.14. The number of benzene rings is 2. The normalized spacial score (nSPS) is 20.5. The van der Waals surface area contributed by atoms with Crippen molar-refractivity contribution in [3.63, 3.8) is 0 Å². The van der Waals surface area contributed by atoms with Crippen LogP contribution >= 0.6 is 0 Å². The predicted molar refractivity (Wildman–Crippen MR) is 153 cm³/mol. The molecule has 4 heterocycles. The second kappa shape index (κ2) is 9.81. The fourth-order valence-corrected chi connectivity index (χ4v) is 6.29. The van der Waals surface area contributed by atoms with Crippen LogP contribution in [0.4, 0.5) is 19.0 Å². The number of nitrogen functional groups attached to an aromatic ring is 1. The van der Waals surface area contributed by atoms with Crippen molar-refractivity contribution in [1.82, 2.24) is 29.2 Å². The first-order valence-electron chi connectivity index (χ1n) is 13.9. The van der Waals surface area contributed by atoms with Gasteiger partial charge in [-0.3, -0.25) is 9.30 Å². The van der Waals surface area contributed by atoms with E-state index in [2.05, 4.69) is 26.8 Å². The third kappa shape index (κ3) is 4.51. The van der Waals surface area contributed by atoms with Crippen molar-refractivity contribution < 1.29 is 13.2 Å². The lowest BCUT2D eigenvalue weighted by Crippen LogP contribution is -2.54. The van der Waals surface area contributed by atoms with Crippen molar-refractivity contribution in [3.8, 4) is 22.5 Å². The first kappa shape index (κ1) is 25.9. The molecule has 1 saturated heterocycles. The number of hydrogen-bond donors (Lipinski definition) is 1. The molecule has 2 atom stereocenters. The summed E-state index contributed by atoms with van der Waals surface area (Å²) in [6.07, 6.45) is 1.15. The van der Waals surface area contributed by atoms with Crippen molar-refractivity contribution in [2.45, 2.75) is 31.0 Å². The van der Waals surface area contributed by atoms with Gasteiger partial charge in [0.1, 0.15) is 22.9 Å². The fourth-order valence-electron chi connectivity index (χ4n) is 6.29. The van der Waals surface area contributed by atoms with E-state index in [1.54, 1.807) is 42.6 Å². The van der Waals surface area contributed by atoms with E-state index in [1.807, 2.05) is 16.7 Å². The van der Waals surface area contributed by atoms with Crippen LogP contribution in [0.15, 0.2) is 67.0 Å². The SMILES string of the molecule is CN1CCN(C2CCC2c2nc(-c3ccc4c(C(F)(F)F)cc(-c5ccccc5)nc4c3)c3c(N)nccn23)CC1. The van der Waals surface area contributed by atoms with E-state index in [0.717, 1.165) is 50.9 Å². The van der Waals surface area contributed by atoms with E-state index >= 15 is 0 Å². The van der Waals surface area contributed by atoms with E-state index in [9.17, 15) is 13.2 Å². The molecule has 2 N–H and O–H groups in total. The zero-order chi connectivity index (χ0) is 28.3. The summed E-state index contributed by atoms with van der Waals surface area (Å²) < 4.78 is 44.5. The average Bonchev–Trinajstić information content (AvgIpc) is 3.33. The first-order valence-corrected chi connectivity index (χ1v) is 13.9. The highest BCUT2D eigenvalue weighted by Gasteiger charge is 2.40. The Morgan fingerprint density at radius 2 is 1.68 bits per heavy atom.